The number of rotatable bonds is 5. The Balaban J connectivity index is 1.50. The van der Waals surface area contributed by atoms with Crippen LogP contribution in [0.3, 0.4) is 0 Å². The molecule has 2 aromatic carbocycles. The molecule has 2 aromatic rings. The zero-order valence-electron chi connectivity index (χ0n) is 14.4. The maximum Gasteiger partial charge on any atom is 0.339 e. The summed E-state index contributed by atoms with van der Waals surface area (Å²) in [6.07, 6.45) is -1.89. The Labute approximate surface area is 154 Å². The molecule has 1 aliphatic heterocycles. The minimum atomic E-state index is -1.03. The number of para-hydroxylation sites is 1. The van der Waals surface area contributed by atoms with Crippen LogP contribution in [-0.4, -0.2) is 23.9 Å². The highest BCUT2D eigenvalue weighted by molar-refractivity contribution is 5.94. The number of carbonyl (C=O) groups is 3. The summed E-state index contributed by atoms with van der Waals surface area (Å²) in [5, 5.41) is 0. The lowest BCUT2D eigenvalue weighted by atomic mass is 10.0. The molecule has 1 aliphatic rings. The molecule has 0 fully saturated rings. The number of ether oxygens (including phenoxy) is 2. The van der Waals surface area contributed by atoms with E-state index in [9.17, 15) is 18.8 Å². The summed E-state index contributed by atoms with van der Waals surface area (Å²) in [7, 11) is 0. The van der Waals surface area contributed by atoms with Crippen LogP contribution < -0.4 is 15.6 Å². The van der Waals surface area contributed by atoms with Gasteiger partial charge in [-0.2, -0.15) is 0 Å². The highest BCUT2D eigenvalue weighted by Crippen LogP contribution is 2.32. The Hall–Kier alpha value is -3.42. The smallest absolute Gasteiger partial charge is 0.339 e. The zero-order valence-corrected chi connectivity index (χ0v) is 14.4. The van der Waals surface area contributed by atoms with E-state index in [-0.39, 0.29) is 12.2 Å². The van der Waals surface area contributed by atoms with Crippen molar-refractivity contribution in [3.8, 4) is 5.75 Å². The van der Waals surface area contributed by atoms with Crippen molar-refractivity contribution < 1.29 is 28.2 Å². The second-order valence-electron chi connectivity index (χ2n) is 5.91. The van der Waals surface area contributed by atoms with Crippen LogP contribution in [0.4, 0.5) is 4.39 Å². The van der Waals surface area contributed by atoms with Crippen molar-refractivity contribution in [2.75, 3.05) is 0 Å². The monoisotopic (exact) mass is 372 g/mol. The van der Waals surface area contributed by atoms with Crippen molar-refractivity contribution in [1.82, 2.24) is 10.9 Å². The highest BCUT2D eigenvalue weighted by atomic mass is 19.1. The van der Waals surface area contributed by atoms with Gasteiger partial charge in [-0.05, 0) is 25.1 Å². The standard InChI is InChI=1S/C19H17FN2O5/c1-11(26-15-9-5-4-8-14(15)20)18(24)22-21-17(23)10-16-12-6-2-3-7-13(12)19(25)27-16/h2-9,11,16H,10H2,1H3,(H,21,23)(H,22,24)/t11-,16-/m0/s1. The Morgan fingerprint density at radius 2 is 1.85 bits per heavy atom. The van der Waals surface area contributed by atoms with Crippen molar-refractivity contribution in [2.45, 2.75) is 25.6 Å². The normalized spacial score (nSPS) is 16.1. The van der Waals surface area contributed by atoms with Gasteiger partial charge in [-0.1, -0.05) is 30.3 Å². The summed E-state index contributed by atoms with van der Waals surface area (Å²) >= 11 is 0. The van der Waals surface area contributed by atoms with Gasteiger partial charge in [-0.25, -0.2) is 9.18 Å². The zero-order chi connectivity index (χ0) is 19.4. The van der Waals surface area contributed by atoms with Crippen LogP contribution in [0.5, 0.6) is 5.75 Å². The van der Waals surface area contributed by atoms with Gasteiger partial charge >= 0.3 is 5.97 Å². The van der Waals surface area contributed by atoms with Gasteiger partial charge in [-0.15, -0.1) is 0 Å². The highest BCUT2D eigenvalue weighted by Gasteiger charge is 2.32. The second-order valence-corrected chi connectivity index (χ2v) is 5.91. The van der Waals surface area contributed by atoms with Crippen LogP contribution in [-0.2, 0) is 14.3 Å². The molecule has 0 saturated carbocycles. The first-order valence-electron chi connectivity index (χ1n) is 8.25. The van der Waals surface area contributed by atoms with Crippen molar-refractivity contribution in [3.63, 3.8) is 0 Å². The molecule has 27 heavy (non-hydrogen) atoms. The summed E-state index contributed by atoms with van der Waals surface area (Å²) in [4.78, 5) is 35.8. The van der Waals surface area contributed by atoms with Gasteiger partial charge in [0.2, 0.25) is 5.91 Å². The van der Waals surface area contributed by atoms with Gasteiger partial charge < -0.3 is 9.47 Å². The molecule has 140 valence electrons. The van der Waals surface area contributed by atoms with E-state index in [1.807, 2.05) is 0 Å². The van der Waals surface area contributed by atoms with Crippen LogP contribution in [0.15, 0.2) is 48.5 Å². The van der Waals surface area contributed by atoms with Crippen LogP contribution in [0, 0.1) is 5.82 Å². The van der Waals surface area contributed by atoms with Crippen molar-refractivity contribution in [1.29, 1.82) is 0 Å². The molecule has 2 N–H and O–H groups in total. The number of hydrazine groups is 1. The Morgan fingerprint density at radius 1 is 1.15 bits per heavy atom. The number of hydrogen-bond acceptors (Lipinski definition) is 5. The molecule has 2 amide bonds. The van der Waals surface area contributed by atoms with Gasteiger partial charge in [0.05, 0.1) is 12.0 Å². The fourth-order valence-electron chi connectivity index (χ4n) is 2.61. The fraction of sp³-hybridized carbons (Fsp3) is 0.211. The molecule has 0 radical (unpaired) electrons. The Bertz CT molecular complexity index is 886. The molecule has 1 heterocycles. The van der Waals surface area contributed by atoms with E-state index < -0.39 is 35.8 Å². The maximum atomic E-state index is 13.5. The average Bonchev–Trinajstić information content (AvgIpc) is 2.97. The number of esters is 1. The van der Waals surface area contributed by atoms with Crippen molar-refractivity contribution in [2.24, 2.45) is 0 Å². The molecule has 7 nitrogen and oxygen atoms in total. The third-order valence-electron chi connectivity index (χ3n) is 3.98. The number of cyclic esters (lactones) is 1. The molecular weight excluding hydrogens is 355 g/mol. The van der Waals surface area contributed by atoms with Gasteiger partial charge in [0.1, 0.15) is 6.10 Å². The largest absolute Gasteiger partial charge is 0.478 e. The minimum absolute atomic E-state index is 0.0686. The van der Waals surface area contributed by atoms with Crippen molar-refractivity contribution in [3.05, 3.63) is 65.5 Å². The second kappa shape index (κ2) is 7.86. The molecule has 0 saturated heterocycles. The first-order valence-corrected chi connectivity index (χ1v) is 8.25. The van der Waals surface area contributed by atoms with Crippen LogP contribution in [0.2, 0.25) is 0 Å². The minimum Gasteiger partial charge on any atom is -0.478 e. The molecular formula is C19H17FN2O5. The summed E-state index contributed by atoms with van der Waals surface area (Å²) in [6, 6.07) is 12.5. The molecule has 8 heteroatoms. The molecule has 0 aromatic heterocycles. The summed E-state index contributed by atoms with van der Waals surface area (Å²) in [6.45, 7) is 1.42. The topological polar surface area (TPSA) is 93.7 Å². The fourth-order valence-corrected chi connectivity index (χ4v) is 2.61. The van der Waals surface area contributed by atoms with Crippen LogP contribution in [0.1, 0.15) is 35.4 Å². The van der Waals surface area contributed by atoms with Gasteiger partial charge in [0, 0.05) is 5.56 Å². The third-order valence-corrected chi connectivity index (χ3v) is 3.98. The van der Waals surface area contributed by atoms with E-state index in [1.165, 1.54) is 25.1 Å². The first kappa shape index (κ1) is 18.4. The van der Waals surface area contributed by atoms with Gasteiger partial charge in [0.15, 0.2) is 17.7 Å². The SMILES string of the molecule is C[C@H](Oc1ccccc1F)C(=O)NNC(=O)C[C@@H]1OC(=O)c2ccccc21. The number of hydrogen-bond donors (Lipinski definition) is 2. The molecule has 3 rings (SSSR count). The van der Waals surface area contributed by atoms with Crippen molar-refractivity contribution >= 4 is 17.8 Å². The first-order chi connectivity index (χ1) is 13.0. The number of fused-ring (bicyclic) bond motifs is 1. The van der Waals surface area contributed by atoms with Crippen LogP contribution >= 0.6 is 0 Å². The Kier molecular flexibility index (Phi) is 5.35. The summed E-state index contributed by atoms with van der Waals surface area (Å²) < 4.78 is 23.9. The van der Waals surface area contributed by atoms with E-state index in [1.54, 1.807) is 30.3 Å². The molecule has 0 aliphatic carbocycles. The third kappa shape index (κ3) is 4.22. The lowest BCUT2D eigenvalue weighted by molar-refractivity contribution is -0.133. The van der Waals surface area contributed by atoms with Gasteiger partial charge in [-0.3, -0.25) is 20.4 Å². The number of amides is 2. The van der Waals surface area contributed by atoms with Gasteiger partial charge in [0.25, 0.3) is 5.91 Å². The Morgan fingerprint density at radius 3 is 2.63 bits per heavy atom. The summed E-state index contributed by atoms with van der Waals surface area (Å²) in [5.74, 6) is -2.35. The maximum absolute atomic E-state index is 13.5. The number of benzene rings is 2. The average molecular weight is 372 g/mol. The van der Waals surface area contributed by atoms with E-state index in [4.69, 9.17) is 9.47 Å². The molecule has 0 spiro atoms. The van der Waals surface area contributed by atoms with E-state index in [0.29, 0.717) is 11.1 Å². The summed E-state index contributed by atoms with van der Waals surface area (Å²) in [5.41, 5.74) is 5.49. The van der Waals surface area contributed by atoms with E-state index in [2.05, 4.69) is 10.9 Å². The lowest BCUT2D eigenvalue weighted by Gasteiger charge is -2.16. The van der Waals surface area contributed by atoms with Crippen LogP contribution in [0.25, 0.3) is 0 Å². The number of halogens is 1. The quantitative estimate of drug-likeness (QED) is 0.619. The molecule has 0 bridgehead atoms. The predicted molar refractivity (Wildman–Crippen MR) is 92.0 cm³/mol. The molecule has 0 unspecified atom stereocenters. The lowest BCUT2D eigenvalue weighted by Crippen LogP contribution is -2.47. The number of carbonyl (C=O) groups excluding carboxylic acids is 3. The molecule has 2 atom stereocenters. The predicted octanol–water partition coefficient (Wildman–Crippen LogP) is 2.04. The van der Waals surface area contributed by atoms with E-state index in [0.717, 1.165) is 0 Å². The van der Waals surface area contributed by atoms with E-state index >= 15 is 0 Å². The number of nitrogens with one attached hydrogen (secondary N) is 2.